The van der Waals surface area contributed by atoms with Gasteiger partial charge < -0.3 is 10.3 Å². The molecule has 0 aromatic carbocycles. The van der Waals surface area contributed by atoms with Gasteiger partial charge in [-0.2, -0.15) is 0 Å². The molecule has 0 amide bonds. The predicted molar refractivity (Wildman–Crippen MR) is 27.5 cm³/mol. The molecule has 0 aliphatic carbocycles. The molecule has 0 spiro atoms. The molecular formula is C4H5N3O. The van der Waals surface area contributed by atoms with Crippen molar-refractivity contribution in [2.45, 2.75) is 0 Å². The molecule has 0 aliphatic rings. The molecule has 1 heterocycles. The molecule has 0 radical (unpaired) electrons. The highest BCUT2D eigenvalue weighted by atomic mass is 16.5. The second kappa shape index (κ2) is 1.65. The van der Waals surface area contributed by atoms with Crippen molar-refractivity contribution in [3.63, 3.8) is 0 Å². The van der Waals surface area contributed by atoms with Crippen molar-refractivity contribution in [1.29, 1.82) is 5.41 Å². The molecule has 0 aliphatic heterocycles. The summed E-state index contributed by atoms with van der Waals surface area (Å²) in [7, 11) is 0. The molecule has 0 fully saturated rings. The maximum atomic E-state index is 6.81. The Balaban J connectivity index is 2.93. The number of nitrogens with zero attached hydrogens (tertiary/aromatic N) is 1. The number of hydrogen-bond acceptors (Lipinski definition) is 3. The molecule has 0 unspecified atom stereocenters. The van der Waals surface area contributed by atoms with Crippen LogP contribution in [-0.4, -0.2) is 11.0 Å². The van der Waals surface area contributed by atoms with E-state index in [-0.39, 0.29) is 5.84 Å². The minimum absolute atomic E-state index is 0.0706. The molecule has 1 aromatic rings. The van der Waals surface area contributed by atoms with Crippen LogP contribution in [0, 0.1) is 5.41 Å². The number of nitrogen functional groups attached to an aromatic ring is 1. The molecular weight excluding hydrogens is 106 g/mol. The van der Waals surface area contributed by atoms with Crippen LogP contribution in [0.25, 0.3) is 0 Å². The molecule has 8 heavy (non-hydrogen) atoms. The van der Waals surface area contributed by atoms with E-state index < -0.39 is 0 Å². The molecule has 0 saturated carbocycles. The fourth-order valence-electron chi connectivity index (χ4n) is 0.351. The van der Waals surface area contributed by atoms with Gasteiger partial charge in [0.05, 0.1) is 0 Å². The first-order chi connectivity index (χ1) is 3.80. The van der Waals surface area contributed by atoms with E-state index in [2.05, 4.69) is 9.68 Å². The number of rotatable bonds is 1. The normalized spacial score (nSPS) is 9.00. The van der Waals surface area contributed by atoms with Gasteiger partial charge in [-0.3, -0.25) is 5.41 Å². The Morgan fingerprint density at radius 3 is 2.88 bits per heavy atom. The van der Waals surface area contributed by atoms with E-state index in [9.17, 15) is 0 Å². The topological polar surface area (TPSA) is 75.9 Å². The summed E-state index contributed by atoms with van der Waals surface area (Å²) in [5, 5.41) is 10.2. The van der Waals surface area contributed by atoms with Gasteiger partial charge in [-0.05, 0) is 0 Å². The maximum Gasteiger partial charge on any atom is 0.147 e. The van der Waals surface area contributed by atoms with Crippen LogP contribution in [0.1, 0.15) is 5.69 Å². The summed E-state index contributed by atoms with van der Waals surface area (Å²) >= 11 is 0. The van der Waals surface area contributed by atoms with Crippen LogP contribution >= 0.6 is 0 Å². The van der Waals surface area contributed by atoms with E-state index >= 15 is 0 Å². The monoisotopic (exact) mass is 111 g/mol. The van der Waals surface area contributed by atoms with Crippen molar-refractivity contribution >= 4 is 5.84 Å². The summed E-state index contributed by atoms with van der Waals surface area (Å²) in [5.74, 6) is -0.0706. The quantitative estimate of drug-likeness (QED) is 0.394. The Morgan fingerprint density at radius 2 is 2.62 bits per heavy atom. The first-order valence-corrected chi connectivity index (χ1v) is 2.05. The lowest BCUT2D eigenvalue weighted by atomic mass is 10.4. The van der Waals surface area contributed by atoms with E-state index in [0.29, 0.717) is 5.69 Å². The van der Waals surface area contributed by atoms with E-state index in [4.69, 9.17) is 11.1 Å². The lowest BCUT2D eigenvalue weighted by Gasteiger charge is -1.81. The number of amidine groups is 1. The third-order valence-electron chi connectivity index (χ3n) is 0.714. The minimum atomic E-state index is -0.0706. The second-order valence-electron chi connectivity index (χ2n) is 1.30. The van der Waals surface area contributed by atoms with Crippen molar-refractivity contribution in [3.8, 4) is 0 Å². The lowest BCUT2D eigenvalue weighted by molar-refractivity contribution is 0.418. The third-order valence-corrected chi connectivity index (χ3v) is 0.714. The minimum Gasteiger partial charge on any atom is -0.382 e. The summed E-state index contributed by atoms with van der Waals surface area (Å²) in [5.41, 5.74) is 5.40. The van der Waals surface area contributed by atoms with Crippen molar-refractivity contribution in [3.05, 3.63) is 18.0 Å². The van der Waals surface area contributed by atoms with Crippen molar-refractivity contribution < 1.29 is 4.52 Å². The molecule has 42 valence electrons. The fourth-order valence-corrected chi connectivity index (χ4v) is 0.351. The molecule has 0 atom stereocenters. The van der Waals surface area contributed by atoms with Gasteiger partial charge in [-0.1, -0.05) is 5.16 Å². The summed E-state index contributed by atoms with van der Waals surface area (Å²) < 4.78 is 4.40. The largest absolute Gasteiger partial charge is 0.382 e. The van der Waals surface area contributed by atoms with Crippen LogP contribution in [0.5, 0.6) is 0 Å². The molecule has 1 aromatic heterocycles. The highest BCUT2D eigenvalue weighted by molar-refractivity contribution is 5.92. The SMILES string of the molecule is N=C(N)c1ccon1. The molecule has 4 heteroatoms. The van der Waals surface area contributed by atoms with Crippen LogP contribution in [0.3, 0.4) is 0 Å². The zero-order valence-electron chi connectivity index (χ0n) is 4.09. The molecule has 4 nitrogen and oxygen atoms in total. The van der Waals surface area contributed by atoms with Gasteiger partial charge in [0.2, 0.25) is 0 Å². The Labute approximate surface area is 45.8 Å². The van der Waals surface area contributed by atoms with Crippen LogP contribution < -0.4 is 5.73 Å². The predicted octanol–water partition coefficient (Wildman–Crippen LogP) is -0.0413. The van der Waals surface area contributed by atoms with Crippen LogP contribution in [0.2, 0.25) is 0 Å². The highest BCUT2D eigenvalue weighted by Crippen LogP contribution is 1.89. The van der Waals surface area contributed by atoms with E-state index in [1.54, 1.807) is 0 Å². The summed E-state index contributed by atoms with van der Waals surface area (Å²) in [6, 6.07) is 1.53. The van der Waals surface area contributed by atoms with E-state index in [1.165, 1.54) is 12.3 Å². The van der Waals surface area contributed by atoms with Crippen molar-refractivity contribution in [2.75, 3.05) is 0 Å². The summed E-state index contributed by atoms with van der Waals surface area (Å²) in [4.78, 5) is 0. The molecule has 0 saturated heterocycles. The lowest BCUT2D eigenvalue weighted by Crippen LogP contribution is -2.10. The molecule has 1 rings (SSSR count). The number of hydrogen-bond donors (Lipinski definition) is 2. The first kappa shape index (κ1) is 4.83. The molecule has 0 bridgehead atoms. The zero-order chi connectivity index (χ0) is 5.98. The van der Waals surface area contributed by atoms with E-state index in [1.807, 2.05) is 0 Å². The zero-order valence-corrected chi connectivity index (χ0v) is 4.09. The standard InChI is InChI=1S/C4H5N3O/c5-4(6)3-1-2-8-7-3/h1-2H,(H3,5,6). The Morgan fingerprint density at radius 1 is 1.88 bits per heavy atom. The third kappa shape index (κ3) is 0.676. The summed E-state index contributed by atoms with van der Waals surface area (Å²) in [6.45, 7) is 0. The van der Waals surface area contributed by atoms with Crippen LogP contribution in [0.4, 0.5) is 0 Å². The van der Waals surface area contributed by atoms with Gasteiger partial charge in [-0.15, -0.1) is 0 Å². The Kier molecular flexibility index (Phi) is 0.997. The number of nitrogens with two attached hydrogens (primary N) is 1. The van der Waals surface area contributed by atoms with Crippen LogP contribution in [-0.2, 0) is 0 Å². The van der Waals surface area contributed by atoms with Crippen LogP contribution in [0.15, 0.2) is 16.9 Å². The van der Waals surface area contributed by atoms with Gasteiger partial charge in [-0.25, -0.2) is 0 Å². The first-order valence-electron chi connectivity index (χ1n) is 2.05. The summed E-state index contributed by atoms with van der Waals surface area (Å²) in [6.07, 6.45) is 1.37. The van der Waals surface area contributed by atoms with Gasteiger partial charge in [0.15, 0.2) is 0 Å². The van der Waals surface area contributed by atoms with Gasteiger partial charge >= 0.3 is 0 Å². The van der Waals surface area contributed by atoms with Crippen molar-refractivity contribution in [2.24, 2.45) is 5.73 Å². The molecule has 3 N–H and O–H groups in total. The number of aromatic nitrogens is 1. The number of nitrogens with one attached hydrogen (secondary N) is 1. The average Bonchev–Trinajstić information content (AvgIpc) is 2.12. The highest BCUT2D eigenvalue weighted by Gasteiger charge is 1.95. The maximum absolute atomic E-state index is 6.81. The average molecular weight is 111 g/mol. The fraction of sp³-hybridized carbons (Fsp3) is 0. The van der Waals surface area contributed by atoms with E-state index in [0.717, 1.165) is 0 Å². The second-order valence-corrected chi connectivity index (χ2v) is 1.30. The Hall–Kier alpha value is -1.32. The Bertz CT molecular complexity index is 179. The van der Waals surface area contributed by atoms with Gasteiger partial charge in [0.25, 0.3) is 0 Å². The van der Waals surface area contributed by atoms with Crippen molar-refractivity contribution in [1.82, 2.24) is 5.16 Å². The van der Waals surface area contributed by atoms with Gasteiger partial charge in [0.1, 0.15) is 17.8 Å². The van der Waals surface area contributed by atoms with Gasteiger partial charge in [0, 0.05) is 6.07 Å². The smallest absolute Gasteiger partial charge is 0.147 e.